The second kappa shape index (κ2) is 8.38. The van der Waals surface area contributed by atoms with Crippen LogP contribution in [0.2, 0.25) is 0 Å². The van der Waals surface area contributed by atoms with Gasteiger partial charge in [0.2, 0.25) is 0 Å². The lowest BCUT2D eigenvalue weighted by molar-refractivity contribution is 0.102. The average molecular weight is 480 g/mol. The molecule has 6 heteroatoms. The molecule has 0 saturated carbocycles. The lowest BCUT2D eigenvalue weighted by Gasteiger charge is -2.15. The first kappa shape index (κ1) is 20.3. The van der Waals surface area contributed by atoms with Gasteiger partial charge in [-0.05, 0) is 66.6 Å². The summed E-state index contributed by atoms with van der Waals surface area (Å²) in [5, 5.41) is 3.13. The lowest BCUT2D eigenvalue weighted by Crippen LogP contribution is -2.15. The predicted molar refractivity (Wildman–Crippen MR) is 124 cm³/mol. The smallest absolute Gasteiger partial charge is 0.256 e. The number of nitrogens with zero attached hydrogens (tertiary/aromatic N) is 1. The Bertz CT molecular complexity index is 1270. The fourth-order valence-corrected chi connectivity index (χ4v) is 3.87. The second-order valence-electron chi connectivity index (χ2n) is 6.79. The third-order valence-corrected chi connectivity index (χ3v) is 5.55. The van der Waals surface area contributed by atoms with Crippen LogP contribution in [0.4, 0.5) is 5.69 Å². The normalized spacial score (nSPS) is 10.8. The number of carbonyl (C=O) groups excluding carboxylic acids is 2. The minimum Gasteiger partial charge on any atom is -0.322 e. The summed E-state index contributed by atoms with van der Waals surface area (Å²) in [6, 6.07) is 21.9. The maximum atomic E-state index is 13.3. The van der Waals surface area contributed by atoms with Gasteiger partial charge in [0.1, 0.15) is 0 Å². The molecular formula is C24H16BrClN2O2. The van der Waals surface area contributed by atoms with Gasteiger partial charge in [-0.1, -0.05) is 46.3 Å². The van der Waals surface area contributed by atoms with E-state index < -0.39 is 5.24 Å². The molecule has 3 aromatic carbocycles. The van der Waals surface area contributed by atoms with E-state index in [1.165, 1.54) is 0 Å². The molecule has 0 bridgehead atoms. The molecule has 4 aromatic rings. The highest BCUT2D eigenvalue weighted by Crippen LogP contribution is 2.31. The van der Waals surface area contributed by atoms with Crippen LogP contribution in [-0.4, -0.2) is 16.1 Å². The van der Waals surface area contributed by atoms with Crippen LogP contribution in [0.25, 0.3) is 22.2 Å². The molecule has 0 atom stereocenters. The lowest BCUT2D eigenvalue weighted by atomic mass is 9.97. The molecular weight excluding hydrogens is 464 g/mol. The summed E-state index contributed by atoms with van der Waals surface area (Å²) < 4.78 is 0.864. The first-order valence-electron chi connectivity index (χ1n) is 9.20. The number of pyridine rings is 1. The number of rotatable bonds is 4. The summed E-state index contributed by atoms with van der Waals surface area (Å²) in [5.41, 5.74) is 4.72. The van der Waals surface area contributed by atoms with Gasteiger partial charge >= 0.3 is 0 Å². The quantitative estimate of drug-likeness (QED) is 0.335. The monoisotopic (exact) mass is 478 g/mol. The number of carbonyl (C=O) groups is 2. The number of nitrogens with one attached hydrogen (secondary N) is 1. The summed E-state index contributed by atoms with van der Waals surface area (Å²) >= 11 is 8.98. The summed E-state index contributed by atoms with van der Waals surface area (Å²) in [6.07, 6.45) is 0. The molecule has 0 aliphatic heterocycles. The van der Waals surface area contributed by atoms with Crippen LogP contribution in [0.5, 0.6) is 0 Å². The van der Waals surface area contributed by atoms with E-state index in [0.29, 0.717) is 16.8 Å². The van der Waals surface area contributed by atoms with Crippen molar-refractivity contribution in [1.82, 2.24) is 4.98 Å². The molecule has 148 valence electrons. The number of amides is 1. The highest BCUT2D eigenvalue weighted by molar-refractivity contribution is 9.10. The Hall–Kier alpha value is -3.02. The van der Waals surface area contributed by atoms with Crippen molar-refractivity contribution in [2.75, 3.05) is 5.32 Å². The van der Waals surface area contributed by atoms with Crippen LogP contribution in [0.3, 0.4) is 0 Å². The van der Waals surface area contributed by atoms with Crippen molar-refractivity contribution < 1.29 is 9.59 Å². The zero-order valence-corrected chi connectivity index (χ0v) is 18.3. The molecule has 1 amide bonds. The van der Waals surface area contributed by atoms with Crippen molar-refractivity contribution in [1.29, 1.82) is 0 Å². The van der Waals surface area contributed by atoms with E-state index in [2.05, 4.69) is 21.2 Å². The van der Waals surface area contributed by atoms with Crippen molar-refractivity contribution in [3.63, 3.8) is 0 Å². The molecule has 0 aliphatic rings. The van der Waals surface area contributed by atoms with Gasteiger partial charge in [-0.15, -0.1) is 0 Å². The largest absolute Gasteiger partial charge is 0.322 e. The van der Waals surface area contributed by atoms with Crippen LogP contribution >= 0.6 is 27.5 Å². The molecule has 1 N–H and O–H groups in total. The van der Waals surface area contributed by atoms with Gasteiger partial charge in [-0.25, -0.2) is 4.98 Å². The van der Waals surface area contributed by atoms with Crippen molar-refractivity contribution >= 4 is 55.3 Å². The first-order valence-corrected chi connectivity index (χ1v) is 10.4. The SMILES string of the molecule is Cc1c(-c2ccccc2)nc2ccc(Br)cc2c1C(=O)Nc1ccc(C(=O)Cl)cc1. The number of aromatic nitrogens is 1. The summed E-state index contributed by atoms with van der Waals surface area (Å²) in [7, 11) is 0. The number of halogens is 2. The second-order valence-corrected chi connectivity index (χ2v) is 8.05. The Morgan fingerprint density at radius 1 is 0.967 bits per heavy atom. The van der Waals surface area contributed by atoms with E-state index in [0.717, 1.165) is 32.2 Å². The topological polar surface area (TPSA) is 59.1 Å². The van der Waals surface area contributed by atoms with Crippen LogP contribution in [-0.2, 0) is 0 Å². The maximum Gasteiger partial charge on any atom is 0.256 e. The van der Waals surface area contributed by atoms with E-state index in [9.17, 15) is 9.59 Å². The van der Waals surface area contributed by atoms with Crippen molar-refractivity contribution in [2.45, 2.75) is 6.92 Å². The third-order valence-electron chi connectivity index (χ3n) is 4.83. The van der Waals surface area contributed by atoms with Gasteiger partial charge in [0.05, 0.1) is 16.8 Å². The fraction of sp³-hybridized carbons (Fsp3) is 0.0417. The summed E-state index contributed by atoms with van der Waals surface area (Å²) in [6.45, 7) is 1.90. The van der Waals surface area contributed by atoms with E-state index in [4.69, 9.17) is 16.6 Å². The zero-order chi connectivity index (χ0) is 21.3. The van der Waals surface area contributed by atoms with Crippen LogP contribution < -0.4 is 5.32 Å². The van der Waals surface area contributed by atoms with Gasteiger partial charge in [0, 0.05) is 26.7 Å². The van der Waals surface area contributed by atoms with E-state index in [1.54, 1.807) is 24.3 Å². The van der Waals surface area contributed by atoms with Gasteiger partial charge in [-0.2, -0.15) is 0 Å². The van der Waals surface area contributed by atoms with Gasteiger partial charge in [-0.3, -0.25) is 9.59 Å². The van der Waals surface area contributed by atoms with Crippen molar-refractivity contribution in [3.8, 4) is 11.3 Å². The first-order chi connectivity index (χ1) is 14.4. The minimum absolute atomic E-state index is 0.250. The third kappa shape index (κ3) is 3.99. The molecule has 0 aliphatic carbocycles. The van der Waals surface area contributed by atoms with E-state index in [1.807, 2.05) is 55.5 Å². The van der Waals surface area contributed by atoms with E-state index >= 15 is 0 Å². The molecule has 1 aromatic heterocycles. The summed E-state index contributed by atoms with van der Waals surface area (Å²) in [5.74, 6) is -0.250. The molecule has 4 rings (SSSR count). The molecule has 0 saturated heterocycles. The molecule has 0 unspecified atom stereocenters. The Morgan fingerprint density at radius 2 is 1.67 bits per heavy atom. The van der Waals surface area contributed by atoms with Crippen LogP contribution in [0, 0.1) is 6.92 Å². The molecule has 0 fully saturated rings. The van der Waals surface area contributed by atoms with Crippen molar-refractivity contribution in [2.24, 2.45) is 0 Å². The maximum absolute atomic E-state index is 13.3. The number of hydrogen-bond donors (Lipinski definition) is 1. The van der Waals surface area contributed by atoms with Crippen LogP contribution in [0.1, 0.15) is 26.3 Å². The van der Waals surface area contributed by atoms with Crippen molar-refractivity contribution in [3.05, 3.63) is 94.0 Å². The minimum atomic E-state index is -0.541. The van der Waals surface area contributed by atoms with E-state index in [-0.39, 0.29) is 5.91 Å². The molecule has 0 spiro atoms. The number of hydrogen-bond acceptors (Lipinski definition) is 3. The predicted octanol–water partition coefficient (Wildman–Crippen LogP) is 6.60. The Kier molecular flexibility index (Phi) is 5.66. The van der Waals surface area contributed by atoms with Gasteiger partial charge in [0.25, 0.3) is 11.1 Å². The molecule has 0 radical (unpaired) electrons. The Labute approximate surface area is 187 Å². The zero-order valence-electron chi connectivity index (χ0n) is 15.9. The summed E-state index contributed by atoms with van der Waals surface area (Å²) in [4.78, 5) is 29.4. The number of benzene rings is 3. The Balaban J connectivity index is 1.83. The standard InChI is InChI=1S/C24H16BrClN2O2/c1-14-21(24(30)27-18-10-7-16(8-11-18)23(26)29)19-13-17(25)9-12-20(19)28-22(14)15-5-3-2-4-6-15/h2-13H,1H3,(H,27,30). The number of fused-ring (bicyclic) bond motifs is 1. The Morgan fingerprint density at radius 3 is 2.33 bits per heavy atom. The van der Waals surface area contributed by atoms with Gasteiger partial charge in [0.15, 0.2) is 0 Å². The molecule has 4 nitrogen and oxygen atoms in total. The highest BCUT2D eigenvalue weighted by atomic mass is 79.9. The molecule has 1 heterocycles. The number of anilines is 1. The fourth-order valence-electron chi connectivity index (χ4n) is 3.38. The average Bonchev–Trinajstić information content (AvgIpc) is 2.74. The van der Waals surface area contributed by atoms with Crippen LogP contribution in [0.15, 0.2) is 77.3 Å². The highest BCUT2D eigenvalue weighted by Gasteiger charge is 2.19. The molecule has 30 heavy (non-hydrogen) atoms. The van der Waals surface area contributed by atoms with Gasteiger partial charge < -0.3 is 5.32 Å².